The number of alkyl halides is 2. The van der Waals surface area contributed by atoms with Gasteiger partial charge < -0.3 is 24.8 Å². The second kappa shape index (κ2) is 13.4. The summed E-state index contributed by atoms with van der Waals surface area (Å²) in [5.74, 6) is 1.55. The molecule has 0 amide bonds. The van der Waals surface area contributed by atoms with Crippen molar-refractivity contribution in [3.05, 3.63) is 59.7 Å². The first kappa shape index (κ1) is 26.1. The average molecular weight is 561 g/mol. The molecular formula is C23H30F2IN3O3. The van der Waals surface area contributed by atoms with Crippen LogP contribution in [0.25, 0.3) is 0 Å². The zero-order chi connectivity index (χ0) is 22.1. The molecule has 2 atom stereocenters. The largest absolute Gasteiger partial charge is 0.497 e. The Hall–Kier alpha value is -2.14. The van der Waals surface area contributed by atoms with E-state index in [1.165, 1.54) is 18.7 Å². The van der Waals surface area contributed by atoms with Crippen LogP contribution in [-0.4, -0.2) is 39.4 Å². The summed E-state index contributed by atoms with van der Waals surface area (Å²) in [5.41, 5.74) is 1.68. The monoisotopic (exact) mass is 561 g/mol. The molecule has 32 heavy (non-hydrogen) atoms. The Bertz CT molecular complexity index is 856. The number of hydrogen-bond acceptors (Lipinski definition) is 4. The molecule has 0 aromatic heterocycles. The summed E-state index contributed by atoms with van der Waals surface area (Å²) in [5, 5.41) is 6.56. The summed E-state index contributed by atoms with van der Waals surface area (Å²) in [6.07, 6.45) is 0.995. The zero-order valence-electron chi connectivity index (χ0n) is 18.2. The molecule has 2 N–H and O–H groups in total. The van der Waals surface area contributed by atoms with Gasteiger partial charge in [-0.2, -0.15) is 8.78 Å². The van der Waals surface area contributed by atoms with Crippen molar-refractivity contribution in [1.29, 1.82) is 0 Å². The number of rotatable bonds is 9. The van der Waals surface area contributed by atoms with Gasteiger partial charge in [0.1, 0.15) is 11.5 Å². The first-order valence-corrected chi connectivity index (χ1v) is 10.4. The van der Waals surface area contributed by atoms with Crippen molar-refractivity contribution in [2.45, 2.75) is 32.6 Å². The molecule has 0 aliphatic carbocycles. The summed E-state index contributed by atoms with van der Waals surface area (Å²) in [6.45, 7) is 1.31. The van der Waals surface area contributed by atoms with Crippen LogP contribution < -0.4 is 20.1 Å². The first-order valence-electron chi connectivity index (χ1n) is 10.4. The van der Waals surface area contributed by atoms with Crippen LogP contribution in [0.15, 0.2) is 53.5 Å². The Balaban J connectivity index is 0.00000363. The molecule has 0 bridgehead atoms. The molecule has 176 valence electrons. The molecular weight excluding hydrogens is 531 g/mol. The molecule has 3 rings (SSSR count). The van der Waals surface area contributed by atoms with Gasteiger partial charge >= 0.3 is 6.61 Å². The summed E-state index contributed by atoms with van der Waals surface area (Å²) in [4.78, 5) is 4.56. The van der Waals surface area contributed by atoms with Crippen molar-refractivity contribution >= 4 is 29.9 Å². The molecule has 2 aromatic rings. The fourth-order valence-corrected chi connectivity index (χ4v) is 3.61. The maximum Gasteiger partial charge on any atom is 0.387 e. The van der Waals surface area contributed by atoms with Crippen LogP contribution >= 0.6 is 24.0 Å². The van der Waals surface area contributed by atoms with Gasteiger partial charge in [-0.1, -0.05) is 30.3 Å². The standard InChI is InChI=1S/C23H29F2N3O3.HI/c1-3-26-23(27-14-17-11-12-30-21(17)16-7-5-4-6-8-16)28-15-18-13-19(29-2)9-10-20(18)31-22(24)25;/h4-10,13,17,21-22H,3,11-12,14-15H2,1-2H3,(H2,26,27,28);1H. The van der Waals surface area contributed by atoms with E-state index in [0.29, 0.717) is 36.3 Å². The fraction of sp³-hybridized carbons (Fsp3) is 0.435. The van der Waals surface area contributed by atoms with E-state index in [2.05, 4.69) is 32.5 Å². The predicted octanol–water partition coefficient (Wildman–Crippen LogP) is 4.75. The molecule has 1 saturated heterocycles. The highest BCUT2D eigenvalue weighted by Gasteiger charge is 2.29. The summed E-state index contributed by atoms with van der Waals surface area (Å²) in [7, 11) is 1.52. The quantitative estimate of drug-likeness (QED) is 0.263. The van der Waals surface area contributed by atoms with E-state index in [4.69, 9.17) is 9.47 Å². The van der Waals surface area contributed by atoms with E-state index in [9.17, 15) is 8.78 Å². The van der Waals surface area contributed by atoms with Crippen molar-refractivity contribution in [2.24, 2.45) is 10.9 Å². The number of ether oxygens (including phenoxy) is 3. The molecule has 2 aromatic carbocycles. The minimum Gasteiger partial charge on any atom is -0.497 e. The van der Waals surface area contributed by atoms with Gasteiger partial charge in [0.05, 0.1) is 19.8 Å². The van der Waals surface area contributed by atoms with Crippen molar-refractivity contribution in [3.8, 4) is 11.5 Å². The zero-order valence-corrected chi connectivity index (χ0v) is 20.6. The topological polar surface area (TPSA) is 64.1 Å². The van der Waals surface area contributed by atoms with Crippen molar-refractivity contribution < 1.29 is 23.0 Å². The number of nitrogens with one attached hydrogen (secondary N) is 2. The maximum atomic E-state index is 12.7. The second-order valence-electron chi connectivity index (χ2n) is 7.18. The van der Waals surface area contributed by atoms with Crippen LogP contribution in [0.1, 0.15) is 30.6 Å². The lowest BCUT2D eigenvalue weighted by Crippen LogP contribution is -2.40. The van der Waals surface area contributed by atoms with Crippen LogP contribution in [0.2, 0.25) is 0 Å². The van der Waals surface area contributed by atoms with E-state index in [1.807, 2.05) is 25.1 Å². The van der Waals surface area contributed by atoms with Crippen LogP contribution in [-0.2, 0) is 11.3 Å². The smallest absolute Gasteiger partial charge is 0.387 e. The van der Waals surface area contributed by atoms with Crippen LogP contribution in [0.3, 0.4) is 0 Å². The molecule has 6 nitrogen and oxygen atoms in total. The first-order chi connectivity index (χ1) is 15.1. The highest BCUT2D eigenvalue weighted by atomic mass is 127. The van der Waals surface area contributed by atoms with E-state index in [1.54, 1.807) is 12.1 Å². The molecule has 1 aliphatic heterocycles. The minimum absolute atomic E-state index is 0. The lowest BCUT2D eigenvalue weighted by Gasteiger charge is -2.21. The Labute approximate surface area is 204 Å². The molecule has 0 radical (unpaired) electrons. The number of hydrogen-bond donors (Lipinski definition) is 2. The van der Waals surface area contributed by atoms with Gasteiger partial charge in [0.2, 0.25) is 0 Å². The van der Waals surface area contributed by atoms with E-state index >= 15 is 0 Å². The van der Waals surface area contributed by atoms with Crippen molar-refractivity contribution in [3.63, 3.8) is 0 Å². The number of guanidine groups is 1. The second-order valence-corrected chi connectivity index (χ2v) is 7.18. The lowest BCUT2D eigenvalue weighted by atomic mass is 9.95. The Morgan fingerprint density at radius 1 is 1.19 bits per heavy atom. The molecule has 1 aliphatic rings. The molecule has 1 fully saturated rings. The summed E-state index contributed by atoms with van der Waals surface area (Å²) >= 11 is 0. The normalized spacial score (nSPS) is 18.2. The van der Waals surface area contributed by atoms with E-state index < -0.39 is 6.61 Å². The van der Waals surface area contributed by atoms with Gasteiger partial charge in [0.25, 0.3) is 0 Å². The summed E-state index contributed by atoms with van der Waals surface area (Å²) < 4.78 is 41.3. The van der Waals surface area contributed by atoms with Gasteiger partial charge in [0, 0.05) is 31.2 Å². The lowest BCUT2D eigenvalue weighted by molar-refractivity contribution is -0.0504. The highest BCUT2D eigenvalue weighted by Crippen LogP contribution is 2.34. The Morgan fingerprint density at radius 3 is 2.66 bits per heavy atom. The van der Waals surface area contributed by atoms with Gasteiger partial charge in [-0.05, 0) is 37.1 Å². The van der Waals surface area contributed by atoms with Gasteiger partial charge in [-0.3, -0.25) is 0 Å². The predicted molar refractivity (Wildman–Crippen MR) is 131 cm³/mol. The Kier molecular flexibility index (Phi) is 10.9. The van der Waals surface area contributed by atoms with E-state index in [-0.39, 0.29) is 42.4 Å². The third-order valence-electron chi connectivity index (χ3n) is 5.11. The van der Waals surface area contributed by atoms with Crippen molar-refractivity contribution in [1.82, 2.24) is 10.6 Å². The average Bonchev–Trinajstić information content (AvgIpc) is 3.25. The molecule has 9 heteroatoms. The number of benzene rings is 2. The summed E-state index contributed by atoms with van der Waals surface area (Å²) in [6, 6.07) is 14.9. The van der Waals surface area contributed by atoms with Crippen LogP contribution in [0, 0.1) is 5.92 Å². The third-order valence-corrected chi connectivity index (χ3v) is 5.11. The molecule has 2 unspecified atom stereocenters. The highest BCUT2D eigenvalue weighted by molar-refractivity contribution is 14.0. The van der Waals surface area contributed by atoms with Gasteiger partial charge in [0.15, 0.2) is 5.96 Å². The fourth-order valence-electron chi connectivity index (χ4n) is 3.61. The molecule has 1 heterocycles. The Morgan fingerprint density at radius 2 is 1.97 bits per heavy atom. The van der Waals surface area contributed by atoms with E-state index in [0.717, 1.165) is 13.0 Å². The van der Waals surface area contributed by atoms with Gasteiger partial charge in [-0.25, -0.2) is 4.99 Å². The maximum absolute atomic E-state index is 12.7. The SMILES string of the molecule is CCNC(=NCc1cc(OC)ccc1OC(F)F)NCC1CCOC1c1ccccc1.I. The minimum atomic E-state index is -2.90. The molecule has 0 saturated carbocycles. The number of methoxy groups -OCH3 is 1. The number of nitrogens with zero attached hydrogens (tertiary/aromatic N) is 1. The van der Waals surface area contributed by atoms with Crippen LogP contribution in [0.4, 0.5) is 8.78 Å². The third kappa shape index (κ3) is 7.47. The van der Waals surface area contributed by atoms with Gasteiger partial charge in [-0.15, -0.1) is 24.0 Å². The van der Waals surface area contributed by atoms with Crippen LogP contribution in [0.5, 0.6) is 11.5 Å². The molecule has 0 spiro atoms. The number of halogens is 3. The number of aliphatic imine (C=N–C) groups is 1. The van der Waals surface area contributed by atoms with Crippen molar-refractivity contribution in [2.75, 3.05) is 26.8 Å².